The number of fused-ring (bicyclic) bond motifs is 1. The summed E-state index contributed by atoms with van der Waals surface area (Å²) in [6.07, 6.45) is 0.713. The fourth-order valence-electron chi connectivity index (χ4n) is 2.90. The van der Waals surface area contributed by atoms with Crippen LogP contribution >= 0.6 is 0 Å². The number of ether oxygens (including phenoxy) is 2. The third kappa shape index (κ3) is 4.71. The highest BCUT2D eigenvalue weighted by molar-refractivity contribution is 5.83. The fraction of sp³-hybridized carbons (Fsp3) is 0.273. The molecule has 0 aliphatic rings. The van der Waals surface area contributed by atoms with Crippen molar-refractivity contribution in [1.82, 2.24) is 0 Å². The summed E-state index contributed by atoms with van der Waals surface area (Å²) in [5, 5.41) is 10.6. The van der Waals surface area contributed by atoms with Crippen LogP contribution in [-0.4, -0.2) is 17.7 Å². The lowest BCUT2D eigenvalue weighted by Gasteiger charge is -2.10. The SMILES string of the molecule is CCc1cc2c(COC(=O)CCOc3cccc(C)c3)cc(=O)oc2cc1O. The van der Waals surface area contributed by atoms with Crippen LogP contribution in [0.3, 0.4) is 0 Å². The van der Waals surface area contributed by atoms with Crippen LogP contribution < -0.4 is 10.4 Å². The zero-order chi connectivity index (χ0) is 20.1. The van der Waals surface area contributed by atoms with E-state index in [1.165, 1.54) is 12.1 Å². The van der Waals surface area contributed by atoms with Gasteiger partial charge in [0.15, 0.2) is 0 Å². The lowest BCUT2D eigenvalue weighted by Crippen LogP contribution is -2.11. The monoisotopic (exact) mass is 382 g/mol. The predicted octanol–water partition coefficient (Wildman–Crippen LogP) is 3.88. The molecule has 0 aliphatic carbocycles. The summed E-state index contributed by atoms with van der Waals surface area (Å²) in [5.74, 6) is 0.343. The molecule has 0 aliphatic heterocycles. The summed E-state index contributed by atoms with van der Waals surface area (Å²) in [4.78, 5) is 23.8. The van der Waals surface area contributed by atoms with Crippen LogP contribution in [0.5, 0.6) is 11.5 Å². The summed E-state index contributed by atoms with van der Waals surface area (Å²) in [7, 11) is 0. The van der Waals surface area contributed by atoms with Crippen LogP contribution in [0.15, 0.2) is 51.7 Å². The smallest absolute Gasteiger partial charge is 0.336 e. The molecular weight excluding hydrogens is 360 g/mol. The van der Waals surface area contributed by atoms with E-state index in [2.05, 4.69) is 0 Å². The molecule has 0 spiro atoms. The fourth-order valence-corrected chi connectivity index (χ4v) is 2.90. The Morgan fingerprint density at radius 2 is 1.96 bits per heavy atom. The number of aryl methyl sites for hydroxylation is 2. The molecule has 146 valence electrons. The lowest BCUT2D eigenvalue weighted by atomic mass is 10.0. The van der Waals surface area contributed by atoms with E-state index in [9.17, 15) is 14.7 Å². The highest BCUT2D eigenvalue weighted by atomic mass is 16.5. The number of phenols is 1. The minimum Gasteiger partial charge on any atom is -0.508 e. The predicted molar refractivity (Wildman–Crippen MR) is 105 cm³/mol. The maximum absolute atomic E-state index is 12.0. The van der Waals surface area contributed by atoms with Gasteiger partial charge in [0, 0.05) is 23.1 Å². The van der Waals surface area contributed by atoms with Crippen LogP contribution in [0.25, 0.3) is 11.0 Å². The van der Waals surface area contributed by atoms with Crippen LogP contribution in [0.1, 0.15) is 30.0 Å². The summed E-state index contributed by atoms with van der Waals surface area (Å²) in [5.41, 5.74) is 2.03. The van der Waals surface area contributed by atoms with Gasteiger partial charge in [-0.25, -0.2) is 4.79 Å². The molecule has 0 saturated carbocycles. The topological polar surface area (TPSA) is 86.0 Å². The number of hydrogen-bond acceptors (Lipinski definition) is 6. The van der Waals surface area contributed by atoms with Crippen molar-refractivity contribution in [3.63, 3.8) is 0 Å². The summed E-state index contributed by atoms with van der Waals surface area (Å²) in [6, 6.07) is 12.0. The first kappa shape index (κ1) is 19.5. The van der Waals surface area contributed by atoms with Gasteiger partial charge in [0.25, 0.3) is 0 Å². The zero-order valence-corrected chi connectivity index (χ0v) is 15.9. The molecule has 0 amide bonds. The number of hydrogen-bond donors (Lipinski definition) is 1. The number of carbonyl (C=O) groups excluding carboxylic acids is 1. The lowest BCUT2D eigenvalue weighted by molar-refractivity contribution is -0.145. The molecule has 0 bridgehead atoms. The minimum atomic E-state index is -0.565. The molecule has 3 rings (SSSR count). The number of esters is 1. The first-order chi connectivity index (χ1) is 13.5. The third-order valence-electron chi connectivity index (χ3n) is 4.36. The summed E-state index contributed by atoms with van der Waals surface area (Å²) < 4.78 is 16.0. The number of carbonyl (C=O) groups is 1. The highest BCUT2D eigenvalue weighted by Gasteiger charge is 2.12. The maximum atomic E-state index is 12.0. The Labute approximate surface area is 162 Å². The molecular formula is C22H22O6. The maximum Gasteiger partial charge on any atom is 0.336 e. The molecule has 0 fully saturated rings. The van der Waals surface area contributed by atoms with E-state index in [0.29, 0.717) is 23.1 Å². The molecule has 6 heteroatoms. The van der Waals surface area contributed by atoms with Crippen LogP contribution in [-0.2, 0) is 22.6 Å². The van der Waals surface area contributed by atoms with Crippen molar-refractivity contribution in [2.45, 2.75) is 33.3 Å². The summed E-state index contributed by atoms with van der Waals surface area (Å²) >= 11 is 0. The zero-order valence-electron chi connectivity index (χ0n) is 15.9. The van der Waals surface area contributed by atoms with E-state index >= 15 is 0 Å². The van der Waals surface area contributed by atoms with Gasteiger partial charge in [0.05, 0.1) is 13.0 Å². The minimum absolute atomic E-state index is 0.0562. The molecule has 3 aromatic rings. The van der Waals surface area contributed by atoms with Gasteiger partial charge in [-0.2, -0.15) is 0 Å². The number of rotatable bonds is 7. The van der Waals surface area contributed by atoms with Gasteiger partial charge in [-0.3, -0.25) is 4.79 Å². The Morgan fingerprint density at radius 1 is 1.14 bits per heavy atom. The quantitative estimate of drug-likeness (QED) is 0.493. The van der Waals surface area contributed by atoms with Gasteiger partial charge in [0.2, 0.25) is 0 Å². The molecule has 1 N–H and O–H groups in total. The van der Waals surface area contributed by atoms with Gasteiger partial charge in [-0.05, 0) is 42.7 Å². The van der Waals surface area contributed by atoms with Crippen molar-refractivity contribution in [3.05, 3.63) is 69.6 Å². The highest BCUT2D eigenvalue weighted by Crippen LogP contribution is 2.27. The van der Waals surface area contributed by atoms with Crippen LogP contribution in [0.4, 0.5) is 0 Å². The van der Waals surface area contributed by atoms with Gasteiger partial charge in [0.1, 0.15) is 23.7 Å². The van der Waals surface area contributed by atoms with Crippen molar-refractivity contribution < 1.29 is 23.8 Å². The Hall–Kier alpha value is -3.28. The van der Waals surface area contributed by atoms with E-state index in [-0.39, 0.29) is 31.0 Å². The Kier molecular flexibility index (Phi) is 5.99. The van der Waals surface area contributed by atoms with Crippen LogP contribution in [0.2, 0.25) is 0 Å². The van der Waals surface area contributed by atoms with Crippen molar-refractivity contribution in [2.75, 3.05) is 6.61 Å². The standard InChI is InChI=1S/C22H22O6/c1-3-15-10-18-16(11-22(25)28-20(18)12-19(15)23)13-27-21(24)7-8-26-17-6-4-5-14(2)9-17/h4-6,9-12,23H,3,7-8,13H2,1-2H3. The van der Waals surface area contributed by atoms with E-state index in [0.717, 1.165) is 11.1 Å². The largest absolute Gasteiger partial charge is 0.508 e. The second kappa shape index (κ2) is 8.61. The second-order valence-electron chi connectivity index (χ2n) is 6.50. The molecule has 2 aromatic carbocycles. The van der Waals surface area contributed by atoms with Crippen molar-refractivity contribution in [3.8, 4) is 11.5 Å². The van der Waals surface area contributed by atoms with E-state index in [1.807, 2.05) is 38.1 Å². The molecule has 0 saturated heterocycles. The van der Waals surface area contributed by atoms with Gasteiger partial charge in [-0.15, -0.1) is 0 Å². The van der Waals surface area contributed by atoms with E-state index < -0.39 is 11.6 Å². The van der Waals surface area contributed by atoms with Gasteiger partial charge < -0.3 is 19.0 Å². The normalized spacial score (nSPS) is 10.8. The molecule has 1 heterocycles. The Balaban J connectivity index is 1.64. The van der Waals surface area contributed by atoms with E-state index in [1.54, 1.807) is 6.07 Å². The summed E-state index contributed by atoms with van der Waals surface area (Å²) in [6.45, 7) is 4.02. The molecule has 0 atom stereocenters. The number of aromatic hydroxyl groups is 1. The number of benzene rings is 2. The average Bonchev–Trinajstić information content (AvgIpc) is 2.65. The molecule has 6 nitrogen and oxygen atoms in total. The average molecular weight is 382 g/mol. The van der Waals surface area contributed by atoms with Crippen molar-refractivity contribution in [1.29, 1.82) is 0 Å². The first-order valence-electron chi connectivity index (χ1n) is 9.10. The Morgan fingerprint density at radius 3 is 2.71 bits per heavy atom. The molecule has 28 heavy (non-hydrogen) atoms. The van der Waals surface area contributed by atoms with Crippen molar-refractivity contribution >= 4 is 16.9 Å². The second-order valence-corrected chi connectivity index (χ2v) is 6.50. The number of phenolic OH excluding ortho intramolecular Hbond substituents is 1. The van der Waals surface area contributed by atoms with Gasteiger partial charge >= 0.3 is 11.6 Å². The first-order valence-corrected chi connectivity index (χ1v) is 9.10. The molecule has 0 unspecified atom stereocenters. The Bertz CT molecular complexity index is 1050. The van der Waals surface area contributed by atoms with Crippen LogP contribution in [0, 0.1) is 6.92 Å². The molecule has 1 aromatic heterocycles. The third-order valence-corrected chi connectivity index (χ3v) is 4.36. The van der Waals surface area contributed by atoms with Gasteiger partial charge in [-0.1, -0.05) is 19.1 Å². The molecule has 0 radical (unpaired) electrons. The van der Waals surface area contributed by atoms with Crippen molar-refractivity contribution in [2.24, 2.45) is 0 Å². The van der Waals surface area contributed by atoms with E-state index in [4.69, 9.17) is 13.9 Å².